The van der Waals surface area contributed by atoms with Gasteiger partial charge in [0.1, 0.15) is 5.82 Å². The van der Waals surface area contributed by atoms with Crippen LogP contribution in [-0.4, -0.2) is 16.0 Å². The Balaban J connectivity index is 1.62. The Morgan fingerprint density at radius 3 is 3.00 bits per heavy atom. The molecule has 0 saturated heterocycles. The summed E-state index contributed by atoms with van der Waals surface area (Å²) < 4.78 is 0.810. The van der Waals surface area contributed by atoms with Crippen molar-refractivity contribution >= 4 is 22.9 Å². The summed E-state index contributed by atoms with van der Waals surface area (Å²) >= 11 is 7.48. The molecule has 2 N–H and O–H groups in total. The minimum absolute atomic E-state index is 0.675. The van der Waals surface area contributed by atoms with Crippen LogP contribution in [-0.2, 0) is 6.54 Å². The highest BCUT2D eigenvalue weighted by atomic mass is 35.5. The highest BCUT2D eigenvalue weighted by molar-refractivity contribution is 7.14. The topological polar surface area (TPSA) is 40.7 Å². The van der Waals surface area contributed by atoms with Crippen LogP contribution in [0.5, 0.6) is 0 Å². The quantitative estimate of drug-likeness (QED) is 0.894. The zero-order chi connectivity index (χ0) is 12.4. The first kappa shape index (κ1) is 12.2. The van der Waals surface area contributed by atoms with Crippen LogP contribution >= 0.6 is 22.9 Å². The van der Waals surface area contributed by atoms with Crippen LogP contribution in [0.15, 0.2) is 17.6 Å². The molecule has 96 valence electrons. The van der Waals surface area contributed by atoms with E-state index in [0.717, 1.165) is 28.0 Å². The Kier molecular flexibility index (Phi) is 3.68. The monoisotopic (exact) mass is 281 g/mol. The fourth-order valence-corrected chi connectivity index (χ4v) is 3.30. The van der Waals surface area contributed by atoms with Crippen molar-refractivity contribution in [3.63, 3.8) is 0 Å². The van der Waals surface area contributed by atoms with Gasteiger partial charge in [-0.1, -0.05) is 24.4 Å². The first-order valence-electron chi connectivity index (χ1n) is 6.33. The molecule has 3 nitrogen and oxygen atoms in total. The summed E-state index contributed by atoms with van der Waals surface area (Å²) in [4.78, 5) is 7.75. The minimum atomic E-state index is 0.675. The summed E-state index contributed by atoms with van der Waals surface area (Å²) in [6.07, 6.45) is 7.19. The van der Waals surface area contributed by atoms with Crippen LogP contribution in [0.4, 0.5) is 0 Å². The molecule has 0 radical (unpaired) electrons. The third kappa shape index (κ3) is 2.76. The number of imidazole rings is 1. The molecule has 18 heavy (non-hydrogen) atoms. The van der Waals surface area contributed by atoms with Crippen molar-refractivity contribution in [2.75, 3.05) is 0 Å². The van der Waals surface area contributed by atoms with Gasteiger partial charge in [-0.3, -0.25) is 0 Å². The SMILES string of the molecule is Clc1cc(-c2cnc(CNC3CCCC3)[nH]2)cs1. The zero-order valence-electron chi connectivity index (χ0n) is 10.1. The Hall–Kier alpha value is -0.840. The number of nitrogens with one attached hydrogen (secondary N) is 2. The van der Waals surface area contributed by atoms with Gasteiger partial charge in [-0.05, 0) is 18.9 Å². The molecule has 0 amide bonds. The van der Waals surface area contributed by atoms with Crippen molar-refractivity contribution < 1.29 is 0 Å². The molecule has 2 aromatic heterocycles. The van der Waals surface area contributed by atoms with Crippen molar-refractivity contribution in [1.82, 2.24) is 15.3 Å². The molecule has 1 saturated carbocycles. The third-order valence-electron chi connectivity index (χ3n) is 3.42. The van der Waals surface area contributed by atoms with Crippen LogP contribution in [0.3, 0.4) is 0 Å². The van der Waals surface area contributed by atoms with Crippen LogP contribution in [0, 0.1) is 0 Å². The van der Waals surface area contributed by atoms with E-state index < -0.39 is 0 Å². The number of hydrogen-bond donors (Lipinski definition) is 2. The predicted octanol–water partition coefficient (Wildman–Crippen LogP) is 3.82. The van der Waals surface area contributed by atoms with E-state index in [1.165, 1.54) is 25.7 Å². The molecular weight excluding hydrogens is 266 g/mol. The largest absolute Gasteiger partial charge is 0.341 e. The fourth-order valence-electron chi connectivity index (χ4n) is 2.42. The standard InChI is InChI=1S/C13H16ClN3S/c14-12-5-9(8-18-12)11-6-16-13(17-11)7-15-10-3-1-2-4-10/h5-6,8,10,15H,1-4,7H2,(H,16,17). The van der Waals surface area contributed by atoms with E-state index in [4.69, 9.17) is 11.6 Å². The number of halogens is 1. The Morgan fingerprint density at radius 2 is 2.28 bits per heavy atom. The number of nitrogens with zero attached hydrogens (tertiary/aromatic N) is 1. The molecule has 0 atom stereocenters. The second-order valence-corrected chi connectivity index (χ2v) is 6.29. The average Bonchev–Trinajstić information content (AvgIpc) is 3.07. The molecule has 5 heteroatoms. The van der Waals surface area contributed by atoms with Crippen molar-refractivity contribution in [1.29, 1.82) is 0 Å². The highest BCUT2D eigenvalue weighted by Crippen LogP contribution is 2.27. The van der Waals surface area contributed by atoms with Gasteiger partial charge in [-0.2, -0.15) is 0 Å². The molecular formula is C13H16ClN3S. The maximum absolute atomic E-state index is 5.94. The molecule has 0 aliphatic heterocycles. The maximum atomic E-state index is 5.94. The lowest BCUT2D eigenvalue weighted by atomic mass is 10.2. The summed E-state index contributed by atoms with van der Waals surface area (Å²) in [5.74, 6) is 0.999. The van der Waals surface area contributed by atoms with Gasteiger partial charge in [0.25, 0.3) is 0 Å². The lowest BCUT2D eigenvalue weighted by Gasteiger charge is -2.09. The van der Waals surface area contributed by atoms with Crippen LogP contribution < -0.4 is 5.32 Å². The van der Waals surface area contributed by atoms with E-state index in [1.807, 2.05) is 17.6 Å². The Labute approximate surface area is 116 Å². The van der Waals surface area contributed by atoms with Crippen molar-refractivity contribution in [2.45, 2.75) is 38.3 Å². The number of H-pyrrole nitrogens is 1. The summed E-state index contributed by atoms with van der Waals surface area (Å²) in [5, 5.41) is 5.60. The van der Waals surface area contributed by atoms with E-state index in [-0.39, 0.29) is 0 Å². The molecule has 0 unspecified atom stereocenters. The first-order valence-corrected chi connectivity index (χ1v) is 7.59. The van der Waals surface area contributed by atoms with Gasteiger partial charge >= 0.3 is 0 Å². The molecule has 2 heterocycles. The lowest BCUT2D eigenvalue weighted by molar-refractivity contribution is 0.515. The molecule has 1 aliphatic carbocycles. The summed E-state index contributed by atoms with van der Waals surface area (Å²) in [5.41, 5.74) is 2.16. The number of hydrogen-bond acceptors (Lipinski definition) is 3. The fraction of sp³-hybridized carbons (Fsp3) is 0.462. The van der Waals surface area contributed by atoms with E-state index in [9.17, 15) is 0 Å². The molecule has 0 aromatic carbocycles. The molecule has 0 bridgehead atoms. The van der Waals surface area contributed by atoms with Gasteiger partial charge in [-0.25, -0.2) is 4.98 Å². The summed E-state index contributed by atoms with van der Waals surface area (Å²) in [7, 11) is 0. The van der Waals surface area contributed by atoms with Crippen LogP contribution in [0.1, 0.15) is 31.5 Å². The van der Waals surface area contributed by atoms with E-state index in [0.29, 0.717) is 6.04 Å². The molecule has 1 aliphatic rings. The summed E-state index contributed by atoms with van der Waals surface area (Å²) in [6.45, 7) is 0.822. The number of aromatic nitrogens is 2. The molecule has 2 aromatic rings. The van der Waals surface area contributed by atoms with Crippen LogP contribution in [0.25, 0.3) is 11.3 Å². The smallest absolute Gasteiger partial charge is 0.120 e. The normalized spacial score (nSPS) is 16.5. The van der Waals surface area contributed by atoms with Crippen molar-refractivity contribution in [3.8, 4) is 11.3 Å². The third-order valence-corrected chi connectivity index (χ3v) is 4.51. The maximum Gasteiger partial charge on any atom is 0.120 e. The Morgan fingerprint density at radius 1 is 1.44 bits per heavy atom. The van der Waals surface area contributed by atoms with E-state index >= 15 is 0 Å². The summed E-state index contributed by atoms with van der Waals surface area (Å²) in [6, 6.07) is 2.64. The van der Waals surface area contributed by atoms with E-state index in [1.54, 1.807) is 11.3 Å². The zero-order valence-corrected chi connectivity index (χ0v) is 11.7. The van der Waals surface area contributed by atoms with E-state index in [2.05, 4.69) is 15.3 Å². The molecule has 0 spiro atoms. The second kappa shape index (κ2) is 5.43. The molecule has 3 rings (SSSR count). The Bertz CT molecular complexity index is 514. The van der Waals surface area contributed by atoms with Gasteiger partial charge < -0.3 is 10.3 Å². The van der Waals surface area contributed by atoms with Crippen LogP contribution in [0.2, 0.25) is 4.34 Å². The van der Waals surface area contributed by atoms with Gasteiger partial charge in [0.2, 0.25) is 0 Å². The van der Waals surface area contributed by atoms with Gasteiger partial charge in [0.05, 0.1) is 22.8 Å². The average molecular weight is 282 g/mol. The van der Waals surface area contributed by atoms with Gasteiger partial charge in [-0.15, -0.1) is 11.3 Å². The van der Waals surface area contributed by atoms with Gasteiger partial charge in [0, 0.05) is 17.0 Å². The van der Waals surface area contributed by atoms with Crippen molar-refractivity contribution in [3.05, 3.63) is 27.8 Å². The molecule has 1 fully saturated rings. The van der Waals surface area contributed by atoms with Crippen molar-refractivity contribution in [2.24, 2.45) is 0 Å². The number of aromatic amines is 1. The number of thiophene rings is 1. The van der Waals surface area contributed by atoms with Gasteiger partial charge in [0.15, 0.2) is 0 Å². The second-order valence-electron chi connectivity index (χ2n) is 4.75. The predicted molar refractivity (Wildman–Crippen MR) is 76.0 cm³/mol. The number of rotatable bonds is 4. The highest BCUT2D eigenvalue weighted by Gasteiger charge is 2.14. The minimum Gasteiger partial charge on any atom is -0.341 e. The lowest BCUT2D eigenvalue weighted by Crippen LogP contribution is -2.25. The first-order chi connectivity index (χ1) is 8.81.